The van der Waals surface area contributed by atoms with Crippen LogP contribution in [0.4, 0.5) is 0 Å². The quantitative estimate of drug-likeness (QED) is 0.664. The first-order valence-electron chi connectivity index (χ1n) is 4.32. The monoisotopic (exact) mass is 186 g/mol. The Morgan fingerprint density at radius 3 is 3.17 bits per heavy atom. The number of ether oxygens (including phenoxy) is 1. The molecule has 3 nitrogen and oxygen atoms in total. The lowest BCUT2D eigenvalue weighted by Crippen LogP contribution is -2.31. The Balaban J connectivity index is 1.97. The van der Waals surface area contributed by atoms with E-state index in [4.69, 9.17) is 10.5 Å². The predicted molar refractivity (Wildman–Crippen MR) is 51.4 cm³/mol. The van der Waals surface area contributed by atoms with Crippen LogP contribution in [0.25, 0.3) is 0 Å². The van der Waals surface area contributed by atoms with Gasteiger partial charge in [-0.15, -0.1) is 0 Å². The lowest BCUT2D eigenvalue weighted by molar-refractivity contribution is 0.0695. The second-order valence-electron chi connectivity index (χ2n) is 3.36. The van der Waals surface area contributed by atoms with Crippen LogP contribution in [0.1, 0.15) is 19.3 Å². The zero-order valence-corrected chi connectivity index (χ0v) is 8.01. The molecule has 0 spiro atoms. The van der Waals surface area contributed by atoms with Gasteiger partial charge in [-0.1, -0.05) is 11.8 Å². The number of fused-ring (bicyclic) bond motifs is 1. The summed E-state index contributed by atoms with van der Waals surface area (Å²) in [6.07, 6.45) is 3.81. The number of thioether (sulfide) groups is 1. The van der Waals surface area contributed by atoms with E-state index in [1.54, 1.807) is 18.9 Å². The second kappa shape index (κ2) is 3.26. The molecule has 1 heterocycles. The van der Waals surface area contributed by atoms with E-state index in [-0.39, 0.29) is 0 Å². The highest BCUT2D eigenvalue weighted by molar-refractivity contribution is 8.14. The van der Waals surface area contributed by atoms with E-state index in [1.807, 2.05) is 0 Å². The van der Waals surface area contributed by atoms with Gasteiger partial charge in [0.2, 0.25) is 0 Å². The maximum Gasteiger partial charge on any atom is 0.154 e. The molecule has 0 aromatic carbocycles. The number of amidine groups is 1. The molecule has 1 fully saturated rings. The van der Waals surface area contributed by atoms with E-state index in [1.165, 1.54) is 0 Å². The summed E-state index contributed by atoms with van der Waals surface area (Å²) >= 11 is 1.72. The van der Waals surface area contributed by atoms with Crippen molar-refractivity contribution in [3.63, 3.8) is 0 Å². The van der Waals surface area contributed by atoms with Crippen LogP contribution >= 0.6 is 11.8 Å². The molecule has 68 valence electrons. The molecule has 1 saturated carbocycles. The number of rotatable bonds is 1. The van der Waals surface area contributed by atoms with Crippen molar-refractivity contribution in [2.24, 2.45) is 10.7 Å². The Morgan fingerprint density at radius 1 is 1.58 bits per heavy atom. The highest BCUT2D eigenvalue weighted by atomic mass is 32.2. The number of aliphatic imine (C=N–C) groups is 1. The van der Waals surface area contributed by atoms with E-state index in [0.29, 0.717) is 17.4 Å². The summed E-state index contributed by atoms with van der Waals surface area (Å²) in [6.45, 7) is 0. The first-order chi connectivity index (χ1) is 5.79. The molecule has 3 atom stereocenters. The summed E-state index contributed by atoms with van der Waals surface area (Å²) in [5, 5.41) is 1.35. The minimum Gasteiger partial charge on any atom is -0.381 e. The first kappa shape index (κ1) is 8.38. The van der Waals surface area contributed by atoms with Gasteiger partial charge in [-0.05, 0) is 19.3 Å². The van der Waals surface area contributed by atoms with E-state index in [9.17, 15) is 0 Å². The van der Waals surface area contributed by atoms with Gasteiger partial charge in [0.05, 0.1) is 12.1 Å². The van der Waals surface area contributed by atoms with Gasteiger partial charge in [0.25, 0.3) is 0 Å². The van der Waals surface area contributed by atoms with Gasteiger partial charge in [0.15, 0.2) is 5.17 Å². The zero-order valence-electron chi connectivity index (χ0n) is 7.19. The van der Waals surface area contributed by atoms with E-state index < -0.39 is 0 Å². The van der Waals surface area contributed by atoms with Gasteiger partial charge in [-0.3, -0.25) is 4.99 Å². The van der Waals surface area contributed by atoms with Gasteiger partial charge in [0, 0.05) is 12.4 Å². The fraction of sp³-hybridized carbons (Fsp3) is 0.875. The van der Waals surface area contributed by atoms with Crippen LogP contribution in [-0.4, -0.2) is 29.7 Å². The predicted octanol–water partition coefficient (Wildman–Crippen LogP) is 0.984. The van der Waals surface area contributed by atoms with Crippen LogP contribution in [-0.2, 0) is 4.74 Å². The number of nitrogens with zero attached hydrogens (tertiary/aromatic N) is 1. The smallest absolute Gasteiger partial charge is 0.154 e. The largest absolute Gasteiger partial charge is 0.381 e. The summed E-state index contributed by atoms with van der Waals surface area (Å²) in [6, 6.07) is 0.474. The van der Waals surface area contributed by atoms with Crippen LogP contribution in [0.15, 0.2) is 4.99 Å². The molecule has 1 aliphatic heterocycles. The molecule has 2 aliphatic rings. The van der Waals surface area contributed by atoms with Crippen molar-refractivity contribution >= 4 is 16.9 Å². The van der Waals surface area contributed by atoms with Crippen LogP contribution in [0.2, 0.25) is 0 Å². The fourth-order valence-electron chi connectivity index (χ4n) is 1.91. The Hall–Kier alpha value is -0.220. The molecule has 0 unspecified atom stereocenters. The van der Waals surface area contributed by atoms with Gasteiger partial charge in [-0.2, -0.15) is 0 Å². The molecule has 2 rings (SSSR count). The number of nitrogens with two attached hydrogens (primary N) is 1. The minimum atomic E-state index is 0.430. The molecule has 0 radical (unpaired) electrons. The Morgan fingerprint density at radius 2 is 2.42 bits per heavy atom. The topological polar surface area (TPSA) is 47.6 Å². The van der Waals surface area contributed by atoms with Gasteiger partial charge in [-0.25, -0.2) is 0 Å². The standard InChI is InChI=1S/C8H14N2OS/c1-11-5-2-3-6-7(4-5)12-8(9)10-6/h5-7H,2-4H2,1H3,(H2,9,10)/t5-,6+,7-/m1/s1. The molecule has 0 aromatic heterocycles. The van der Waals surface area contributed by atoms with Crippen molar-refractivity contribution in [3.8, 4) is 0 Å². The molecule has 0 bridgehead atoms. The van der Waals surface area contributed by atoms with Crippen molar-refractivity contribution < 1.29 is 4.74 Å². The molecule has 1 aliphatic carbocycles. The zero-order chi connectivity index (χ0) is 8.55. The van der Waals surface area contributed by atoms with Crippen molar-refractivity contribution in [3.05, 3.63) is 0 Å². The molecular formula is C8H14N2OS. The van der Waals surface area contributed by atoms with E-state index in [0.717, 1.165) is 24.4 Å². The van der Waals surface area contributed by atoms with Gasteiger partial charge >= 0.3 is 0 Å². The van der Waals surface area contributed by atoms with Crippen molar-refractivity contribution in [2.45, 2.75) is 36.7 Å². The highest BCUT2D eigenvalue weighted by Gasteiger charge is 2.35. The fourth-order valence-corrected chi connectivity index (χ4v) is 3.09. The Kier molecular flexibility index (Phi) is 2.28. The lowest BCUT2D eigenvalue weighted by Gasteiger charge is -2.28. The molecule has 12 heavy (non-hydrogen) atoms. The minimum absolute atomic E-state index is 0.430. The summed E-state index contributed by atoms with van der Waals surface area (Å²) in [7, 11) is 1.79. The number of methoxy groups -OCH3 is 1. The summed E-state index contributed by atoms with van der Waals surface area (Å²) < 4.78 is 5.33. The molecule has 2 N–H and O–H groups in total. The molecule has 0 saturated heterocycles. The number of hydrogen-bond donors (Lipinski definition) is 1. The van der Waals surface area contributed by atoms with Crippen molar-refractivity contribution in [1.29, 1.82) is 0 Å². The SMILES string of the molecule is CO[C@@H]1CC[C@@H]2N=C(N)S[C@@H]2C1. The average Bonchev–Trinajstić information content (AvgIpc) is 2.43. The first-order valence-corrected chi connectivity index (χ1v) is 5.20. The normalized spacial score (nSPS) is 40.8. The molecule has 0 amide bonds. The van der Waals surface area contributed by atoms with Gasteiger partial charge in [0.1, 0.15) is 0 Å². The lowest BCUT2D eigenvalue weighted by atomic mass is 9.93. The van der Waals surface area contributed by atoms with Crippen molar-refractivity contribution in [2.75, 3.05) is 7.11 Å². The maximum absolute atomic E-state index is 5.65. The molecule has 0 aromatic rings. The maximum atomic E-state index is 5.65. The molecular weight excluding hydrogens is 172 g/mol. The Labute approximate surface area is 76.8 Å². The highest BCUT2D eigenvalue weighted by Crippen LogP contribution is 2.36. The third-order valence-electron chi connectivity index (χ3n) is 2.61. The van der Waals surface area contributed by atoms with Gasteiger partial charge < -0.3 is 10.5 Å². The van der Waals surface area contributed by atoms with Crippen LogP contribution in [0.3, 0.4) is 0 Å². The average molecular weight is 186 g/mol. The van der Waals surface area contributed by atoms with E-state index in [2.05, 4.69) is 4.99 Å². The number of hydrogen-bond acceptors (Lipinski definition) is 4. The summed E-state index contributed by atoms with van der Waals surface area (Å²) in [5.41, 5.74) is 5.65. The summed E-state index contributed by atoms with van der Waals surface area (Å²) in [5.74, 6) is 0. The van der Waals surface area contributed by atoms with E-state index >= 15 is 0 Å². The van der Waals surface area contributed by atoms with Crippen LogP contribution < -0.4 is 5.73 Å². The van der Waals surface area contributed by atoms with Crippen LogP contribution in [0, 0.1) is 0 Å². The van der Waals surface area contributed by atoms with Crippen LogP contribution in [0.5, 0.6) is 0 Å². The summed E-state index contributed by atoms with van der Waals surface area (Å²) in [4.78, 5) is 4.38. The Bertz CT molecular complexity index is 207. The van der Waals surface area contributed by atoms with Crippen molar-refractivity contribution in [1.82, 2.24) is 0 Å². The molecule has 4 heteroatoms. The third kappa shape index (κ3) is 1.45. The second-order valence-corrected chi connectivity index (χ2v) is 4.62. The third-order valence-corrected chi connectivity index (χ3v) is 3.76.